The van der Waals surface area contributed by atoms with Crippen LogP contribution in [0.3, 0.4) is 0 Å². The monoisotopic (exact) mass is 256 g/mol. The summed E-state index contributed by atoms with van der Waals surface area (Å²) < 4.78 is 0. The molecule has 0 N–H and O–H groups in total. The van der Waals surface area contributed by atoms with Gasteiger partial charge in [0.25, 0.3) is 14.1 Å². The van der Waals surface area contributed by atoms with E-state index < -0.39 is 0 Å². The Morgan fingerprint density at radius 1 is 0.706 bits per heavy atom. The molecular formula is C14H33AlN2. The fourth-order valence-electron chi connectivity index (χ4n) is 2.27. The summed E-state index contributed by atoms with van der Waals surface area (Å²) in [5.41, 5.74) is 0. The van der Waals surface area contributed by atoms with Gasteiger partial charge in [-0.3, -0.25) is 0 Å². The first kappa shape index (κ1) is 17.5. The fourth-order valence-corrected chi connectivity index (χ4v) is 5.11. The van der Waals surface area contributed by atoms with E-state index in [1.165, 1.54) is 44.1 Å². The lowest BCUT2D eigenvalue weighted by Gasteiger charge is -2.13. The lowest BCUT2D eigenvalue weighted by molar-refractivity contribution is 0.396. The van der Waals surface area contributed by atoms with Crippen molar-refractivity contribution < 1.29 is 0 Å². The van der Waals surface area contributed by atoms with Gasteiger partial charge in [0.2, 0.25) is 0 Å². The summed E-state index contributed by atoms with van der Waals surface area (Å²) in [6, 6.07) is 0. The Balaban J connectivity index is 3.42. The molecule has 0 saturated heterocycles. The van der Waals surface area contributed by atoms with Crippen molar-refractivity contribution in [2.75, 3.05) is 41.3 Å². The largest absolute Gasteiger partial charge is 0.309 e. The van der Waals surface area contributed by atoms with Gasteiger partial charge in [-0.1, -0.05) is 35.6 Å². The predicted octanol–water partition coefficient (Wildman–Crippen LogP) is 3.18. The molecule has 0 heterocycles. The van der Waals surface area contributed by atoms with Crippen LogP contribution in [0.2, 0.25) is 15.8 Å². The van der Waals surface area contributed by atoms with Crippen molar-refractivity contribution in [3.63, 3.8) is 0 Å². The zero-order valence-corrected chi connectivity index (χ0v) is 14.0. The average molecular weight is 256 g/mol. The third-order valence-corrected chi connectivity index (χ3v) is 7.12. The molecule has 0 aliphatic carbocycles. The second-order valence-electron chi connectivity index (χ2n) is 5.87. The third-order valence-electron chi connectivity index (χ3n) is 3.51. The highest BCUT2D eigenvalue weighted by Crippen LogP contribution is 2.13. The molecule has 0 radical (unpaired) electrons. The normalized spacial score (nSPS) is 11.5. The molecule has 0 saturated carbocycles. The van der Waals surface area contributed by atoms with Crippen molar-refractivity contribution in [3.8, 4) is 0 Å². The molecule has 0 unspecified atom stereocenters. The molecule has 0 fully saturated rings. The van der Waals surface area contributed by atoms with Gasteiger partial charge in [-0.25, -0.2) is 0 Å². The Morgan fingerprint density at radius 2 is 1.12 bits per heavy atom. The lowest BCUT2D eigenvalue weighted by Crippen LogP contribution is -2.16. The molecule has 0 aromatic carbocycles. The molecule has 102 valence electrons. The summed E-state index contributed by atoms with van der Waals surface area (Å²) in [6.45, 7) is 4.95. The van der Waals surface area contributed by atoms with Gasteiger partial charge in [0, 0.05) is 0 Å². The number of nitrogens with zero attached hydrogens (tertiary/aromatic N) is 2. The van der Waals surface area contributed by atoms with Crippen LogP contribution in [0.25, 0.3) is 0 Å². The highest BCUT2D eigenvalue weighted by Gasteiger charge is 2.13. The minimum Gasteiger partial charge on any atom is -0.309 e. The predicted molar refractivity (Wildman–Crippen MR) is 81.4 cm³/mol. The maximum absolute atomic E-state index is 2.41. The van der Waals surface area contributed by atoms with Gasteiger partial charge < -0.3 is 9.80 Å². The van der Waals surface area contributed by atoms with Gasteiger partial charge in [-0.15, -0.1) is 0 Å². The summed E-state index contributed by atoms with van der Waals surface area (Å²) in [7, 11) is 8.71. The first-order valence-corrected chi connectivity index (χ1v) is 9.80. The van der Waals surface area contributed by atoms with Gasteiger partial charge in [0.1, 0.15) is 0 Å². The Hall–Kier alpha value is 0.452. The minimum atomic E-state index is -0.376. The smallest absolute Gasteiger partial charge is 0.261 e. The van der Waals surface area contributed by atoms with Gasteiger partial charge in [-0.2, -0.15) is 0 Å². The maximum Gasteiger partial charge on any atom is 0.261 e. The van der Waals surface area contributed by atoms with Gasteiger partial charge in [-0.05, 0) is 54.1 Å². The van der Waals surface area contributed by atoms with Crippen LogP contribution in [0.5, 0.6) is 0 Å². The van der Waals surface area contributed by atoms with Crippen LogP contribution >= 0.6 is 0 Å². The molecule has 0 spiro atoms. The van der Waals surface area contributed by atoms with E-state index in [2.05, 4.69) is 44.9 Å². The van der Waals surface area contributed by atoms with Gasteiger partial charge in [0.05, 0.1) is 0 Å². The average Bonchev–Trinajstić information content (AvgIpc) is 2.26. The zero-order chi connectivity index (χ0) is 13.1. The van der Waals surface area contributed by atoms with Crippen LogP contribution in [0, 0.1) is 0 Å². The van der Waals surface area contributed by atoms with Crippen LogP contribution in [0.15, 0.2) is 0 Å². The molecule has 0 rings (SSSR count). The van der Waals surface area contributed by atoms with E-state index in [1.807, 2.05) is 0 Å². The zero-order valence-electron chi connectivity index (χ0n) is 12.8. The van der Waals surface area contributed by atoms with Crippen LogP contribution in [0.1, 0.15) is 32.6 Å². The summed E-state index contributed by atoms with van der Waals surface area (Å²) in [5, 5.41) is 4.66. The quantitative estimate of drug-likeness (QED) is 0.414. The van der Waals surface area contributed by atoms with Crippen LogP contribution in [-0.4, -0.2) is 65.2 Å². The van der Waals surface area contributed by atoms with Crippen molar-refractivity contribution in [3.05, 3.63) is 0 Å². The van der Waals surface area contributed by atoms with E-state index in [4.69, 9.17) is 0 Å². The summed E-state index contributed by atoms with van der Waals surface area (Å²) in [6.07, 6.45) is 5.73. The van der Waals surface area contributed by atoms with Gasteiger partial charge >= 0.3 is 0 Å². The summed E-state index contributed by atoms with van der Waals surface area (Å²) in [4.78, 5) is 4.61. The highest BCUT2D eigenvalue weighted by molar-refractivity contribution is 6.58. The van der Waals surface area contributed by atoms with E-state index in [1.54, 1.807) is 10.6 Å². The Kier molecular flexibility index (Phi) is 11.8. The van der Waals surface area contributed by atoms with E-state index in [9.17, 15) is 0 Å². The Labute approximate surface area is 114 Å². The third kappa shape index (κ3) is 12.7. The topological polar surface area (TPSA) is 6.48 Å². The van der Waals surface area contributed by atoms with Crippen molar-refractivity contribution in [1.82, 2.24) is 9.80 Å². The van der Waals surface area contributed by atoms with Crippen molar-refractivity contribution >= 4 is 14.1 Å². The number of rotatable bonds is 11. The van der Waals surface area contributed by atoms with Crippen molar-refractivity contribution in [2.24, 2.45) is 0 Å². The molecular weight excluding hydrogens is 223 g/mol. The fraction of sp³-hybridized carbons (Fsp3) is 1.00. The molecule has 0 aromatic rings. The SMILES string of the molecule is C[CH2][Al]([CH2]CCCN(C)C)[CH2]CCCN(C)C. The number of unbranched alkanes of at least 4 members (excludes halogenated alkanes) is 2. The van der Waals surface area contributed by atoms with Gasteiger partial charge in [0.15, 0.2) is 0 Å². The van der Waals surface area contributed by atoms with Crippen molar-refractivity contribution in [1.29, 1.82) is 0 Å². The molecule has 0 aromatic heterocycles. The van der Waals surface area contributed by atoms with Crippen LogP contribution < -0.4 is 0 Å². The van der Waals surface area contributed by atoms with Crippen molar-refractivity contribution in [2.45, 2.75) is 48.5 Å². The molecule has 0 bridgehead atoms. The van der Waals surface area contributed by atoms with Crippen LogP contribution in [-0.2, 0) is 0 Å². The molecule has 0 amide bonds. The Bertz CT molecular complexity index is 144. The standard InChI is InChI=1S/2C6H14N.C2H5.Al/c2*1-4-5-6-7(2)3;1-2;/h2*1,4-6H2,2-3H3;1H2,2H3;. The minimum absolute atomic E-state index is 0.376. The van der Waals surface area contributed by atoms with E-state index >= 15 is 0 Å². The first-order valence-electron chi connectivity index (χ1n) is 7.35. The first-order chi connectivity index (χ1) is 8.06. The number of hydrogen-bond acceptors (Lipinski definition) is 2. The van der Waals surface area contributed by atoms with E-state index in [-0.39, 0.29) is 14.1 Å². The molecule has 17 heavy (non-hydrogen) atoms. The maximum atomic E-state index is 2.41. The molecule has 3 heteroatoms. The molecule has 0 aliphatic rings. The lowest BCUT2D eigenvalue weighted by atomic mass is 10.3. The molecule has 0 aliphatic heterocycles. The summed E-state index contributed by atoms with van der Waals surface area (Å²) >= 11 is -0.376. The van der Waals surface area contributed by atoms with Crippen LogP contribution in [0.4, 0.5) is 0 Å². The summed E-state index contributed by atoms with van der Waals surface area (Å²) in [5.74, 6) is 0. The second-order valence-corrected chi connectivity index (χ2v) is 9.58. The van der Waals surface area contributed by atoms with E-state index in [0.717, 1.165) is 0 Å². The van der Waals surface area contributed by atoms with E-state index in [0.29, 0.717) is 0 Å². The molecule has 0 atom stereocenters. The highest BCUT2D eigenvalue weighted by atomic mass is 27.2. The molecule has 2 nitrogen and oxygen atoms in total. The second kappa shape index (κ2) is 11.5. The Morgan fingerprint density at radius 3 is 1.41 bits per heavy atom. The number of hydrogen-bond donors (Lipinski definition) is 0.